The Balaban J connectivity index is 1.76. The quantitative estimate of drug-likeness (QED) is 0.284. The number of aliphatic hydroxyl groups excluding tert-OH is 1. The minimum atomic E-state index is -3.53. The van der Waals surface area contributed by atoms with E-state index in [1.807, 2.05) is 0 Å². The van der Waals surface area contributed by atoms with Gasteiger partial charge in [0.25, 0.3) is 12.3 Å². The van der Waals surface area contributed by atoms with E-state index in [4.69, 9.17) is 17.2 Å². The number of pyridine rings is 1. The summed E-state index contributed by atoms with van der Waals surface area (Å²) in [5.74, 6) is -5.61. The molecule has 1 fully saturated rings. The number of piperidine rings is 1. The number of nitrogens with one attached hydrogen (secondary N) is 1. The molecule has 38 heavy (non-hydrogen) atoms. The molecule has 2 atom stereocenters. The van der Waals surface area contributed by atoms with Gasteiger partial charge in [0, 0.05) is 25.1 Å². The number of hydrogen-bond acceptors (Lipinski definition) is 9. The van der Waals surface area contributed by atoms with Crippen LogP contribution in [0.15, 0.2) is 36.8 Å². The van der Waals surface area contributed by atoms with Crippen molar-refractivity contribution in [3.05, 3.63) is 54.0 Å². The minimum Gasteiger partial charge on any atom is -0.393 e. The maximum atomic E-state index is 14.7. The zero-order valence-electron chi connectivity index (χ0n) is 19.7. The molecule has 15 heteroatoms. The fourth-order valence-electron chi connectivity index (χ4n) is 4.36. The zero-order chi connectivity index (χ0) is 27.8. The fraction of sp³-hybridized carbons (Fsp3) is 0.348. The number of nitrogen functional groups attached to an aromatic ring is 2. The van der Waals surface area contributed by atoms with Crippen LogP contribution in [0.3, 0.4) is 0 Å². The van der Waals surface area contributed by atoms with Gasteiger partial charge in [-0.2, -0.15) is 0 Å². The zero-order valence-corrected chi connectivity index (χ0v) is 19.7. The van der Waals surface area contributed by atoms with Crippen LogP contribution in [-0.4, -0.2) is 57.1 Å². The third kappa shape index (κ3) is 5.52. The predicted molar refractivity (Wildman–Crippen MR) is 128 cm³/mol. The summed E-state index contributed by atoms with van der Waals surface area (Å²) in [7, 11) is 0. The molecule has 1 saturated heterocycles. The molecule has 0 bridgehead atoms. The van der Waals surface area contributed by atoms with Gasteiger partial charge in [0.2, 0.25) is 0 Å². The van der Waals surface area contributed by atoms with E-state index in [-0.39, 0.29) is 46.4 Å². The number of anilines is 4. The van der Waals surface area contributed by atoms with Crippen molar-refractivity contribution in [1.29, 1.82) is 0 Å². The van der Waals surface area contributed by atoms with Crippen molar-refractivity contribution < 1.29 is 31.4 Å². The number of rotatable bonds is 7. The average molecular weight is 542 g/mol. The van der Waals surface area contributed by atoms with Crippen LogP contribution in [0.4, 0.5) is 49.4 Å². The van der Waals surface area contributed by atoms with E-state index in [0.29, 0.717) is 0 Å². The van der Waals surface area contributed by atoms with E-state index < -0.39 is 55.1 Å². The summed E-state index contributed by atoms with van der Waals surface area (Å²) in [6.45, 7) is -1.56. The van der Waals surface area contributed by atoms with Crippen LogP contribution >= 0.6 is 0 Å². The molecule has 3 aromatic rings. The smallest absolute Gasteiger partial charge is 0.267 e. The van der Waals surface area contributed by atoms with Crippen LogP contribution in [0.25, 0.3) is 11.3 Å². The molecule has 1 aliphatic heterocycles. The number of nitrogens with two attached hydrogens (primary N) is 3. The second-order valence-electron chi connectivity index (χ2n) is 9.10. The third-order valence-corrected chi connectivity index (χ3v) is 6.21. The van der Waals surface area contributed by atoms with Crippen molar-refractivity contribution in [2.24, 2.45) is 5.73 Å². The highest BCUT2D eigenvalue weighted by Gasteiger charge is 2.53. The number of aromatic nitrogens is 3. The molecule has 9 nitrogen and oxygen atoms in total. The van der Waals surface area contributed by atoms with Gasteiger partial charge in [-0.1, -0.05) is 0 Å². The lowest BCUT2D eigenvalue weighted by molar-refractivity contribution is -0.102. The van der Waals surface area contributed by atoms with E-state index in [2.05, 4.69) is 20.3 Å². The lowest BCUT2D eigenvalue weighted by Crippen LogP contribution is -2.68. The highest BCUT2D eigenvalue weighted by Crippen LogP contribution is 2.39. The molecule has 0 spiro atoms. The molecular weight excluding hydrogens is 518 g/mol. The molecule has 8 N–H and O–H groups in total. The number of nitrogens with zero attached hydrogens (tertiary/aromatic N) is 4. The van der Waals surface area contributed by atoms with Gasteiger partial charge >= 0.3 is 0 Å². The van der Waals surface area contributed by atoms with Gasteiger partial charge in [-0.05, 0) is 29.8 Å². The molecule has 0 aliphatic carbocycles. The van der Waals surface area contributed by atoms with Crippen molar-refractivity contribution in [3.63, 3.8) is 0 Å². The fourth-order valence-corrected chi connectivity index (χ4v) is 4.36. The summed E-state index contributed by atoms with van der Waals surface area (Å²) in [5.41, 5.74) is 15.9. The summed E-state index contributed by atoms with van der Waals surface area (Å²) < 4.78 is 83.3. The van der Waals surface area contributed by atoms with Gasteiger partial charge < -0.3 is 32.5 Å². The SMILES string of the molecule is Nc1ncnc(NCc2cc(-c3ccc(F)c(F)c3)ncc2N2CC(F)(F)C[C@](N)([C@H](O)C(F)F)C2)c1N. The summed E-state index contributed by atoms with van der Waals surface area (Å²) in [4.78, 5) is 13.0. The maximum absolute atomic E-state index is 14.7. The Morgan fingerprint density at radius 3 is 2.47 bits per heavy atom. The first-order valence-corrected chi connectivity index (χ1v) is 11.2. The largest absolute Gasteiger partial charge is 0.393 e. The minimum absolute atomic E-state index is 0.00972. The Hall–Kier alpha value is -3.85. The van der Waals surface area contributed by atoms with Crippen molar-refractivity contribution in [3.8, 4) is 11.3 Å². The molecule has 2 aromatic heterocycles. The van der Waals surface area contributed by atoms with Gasteiger partial charge in [0.1, 0.15) is 18.1 Å². The Morgan fingerprint density at radius 2 is 1.79 bits per heavy atom. The van der Waals surface area contributed by atoms with Crippen molar-refractivity contribution in [1.82, 2.24) is 15.0 Å². The molecule has 1 aliphatic rings. The monoisotopic (exact) mass is 542 g/mol. The van der Waals surface area contributed by atoms with E-state index in [1.54, 1.807) is 0 Å². The molecular formula is C23H24F6N8O. The van der Waals surface area contributed by atoms with Gasteiger partial charge in [0.05, 0.1) is 29.7 Å². The molecule has 204 valence electrons. The first-order chi connectivity index (χ1) is 17.8. The third-order valence-electron chi connectivity index (χ3n) is 6.21. The Morgan fingerprint density at radius 1 is 1.05 bits per heavy atom. The van der Waals surface area contributed by atoms with Crippen LogP contribution < -0.4 is 27.4 Å². The van der Waals surface area contributed by atoms with Crippen LogP contribution in [0, 0.1) is 11.6 Å². The van der Waals surface area contributed by atoms with Gasteiger partial charge in [-0.25, -0.2) is 36.3 Å². The van der Waals surface area contributed by atoms with Gasteiger partial charge in [-0.3, -0.25) is 4.98 Å². The summed E-state index contributed by atoms with van der Waals surface area (Å²) >= 11 is 0. The van der Waals surface area contributed by atoms with Crippen molar-refractivity contribution in [2.45, 2.75) is 37.0 Å². The second-order valence-corrected chi connectivity index (χ2v) is 9.10. The molecule has 4 rings (SSSR count). The van der Waals surface area contributed by atoms with E-state index in [9.17, 15) is 31.4 Å². The van der Waals surface area contributed by atoms with Crippen LogP contribution in [0.2, 0.25) is 0 Å². The van der Waals surface area contributed by atoms with E-state index in [0.717, 1.165) is 23.4 Å². The normalized spacial score (nSPS) is 20.0. The Kier molecular flexibility index (Phi) is 7.25. The maximum Gasteiger partial charge on any atom is 0.267 e. The van der Waals surface area contributed by atoms with Crippen molar-refractivity contribution in [2.75, 3.05) is 34.8 Å². The molecule has 0 amide bonds. The van der Waals surface area contributed by atoms with Gasteiger partial charge in [0.15, 0.2) is 23.3 Å². The molecule has 3 heterocycles. The molecule has 0 unspecified atom stereocenters. The van der Waals surface area contributed by atoms with Crippen LogP contribution in [-0.2, 0) is 6.54 Å². The molecule has 0 radical (unpaired) electrons. The van der Waals surface area contributed by atoms with Crippen LogP contribution in [0.5, 0.6) is 0 Å². The number of alkyl halides is 4. The van der Waals surface area contributed by atoms with E-state index in [1.165, 1.54) is 18.3 Å². The topological polar surface area (TPSA) is 152 Å². The van der Waals surface area contributed by atoms with Crippen molar-refractivity contribution >= 4 is 23.0 Å². The van der Waals surface area contributed by atoms with Crippen LogP contribution in [0.1, 0.15) is 12.0 Å². The Labute approximate surface area is 212 Å². The molecule has 1 aromatic carbocycles. The average Bonchev–Trinajstić information content (AvgIpc) is 2.84. The Bertz CT molecular complexity index is 1330. The number of hydrogen-bond donors (Lipinski definition) is 5. The first kappa shape index (κ1) is 27.2. The highest BCUT2D eigenvalue weighted by molar-refractivity contribution is 5.73. The standard InChI is InChI=1S/C23H24F6N8O/c24-13-2-1-11(3-14(13)25)15-4-12(5-34-21-17(30)20(31)35-10-36-21)16(6-33-15)37-8-22(32,18(38)19(26)27)7-23(28,29)9-37/h1-4,6,10,18-19,38H,5,7-9,30,32H2,(H3,31,34,35,36)/t18-,22-/m1/s1. The van der Waals surface area contributed by atoms with Gasteiger partial charge in [-0.15, -0.1) is 0 Å². The number of halogens is 6. The lowest BCUT2D eigenvalue weighted by Gasteiger charge is -2.47. The predicted octanol–water partition coefficient (Wildman–Crippen LogP) is 2.76. The second kappa shape index (κ2) is 10.1. The highest BCUT2D eigenvalue weighted by atomic mass is 19.3. The summed E-state index contributed by atoms with van der Waals surface area (Å²) in [5, 5.41) is 12.9. The summed E-state index contributed by atoms with van der Waals surface area (Å²) in [6, 6.07) is 4.52. The number of aliphatic hydroxyl groups is 1. The number of benzene rings is 1. The molecule has 0 saturated carbocycles. The first-order valence-electron chi connectivity index (χ1n) is 11.2. The summed E-state index contributed by atoms with van der Waals surface area (Å²) in [6.07, 6.45) is -4.70. The lowest BCUT2D eigenvalue weighted by atomic mass is 9.82. The van der Waals surface area contributed by atoms with E-state index >= 15 is 0 Å².